The molecule has 0 aliphatic carbocycles. The number of nitrogens with zero attached hydrogens (tertiary/aromatic N) is 2. The van der Waals surface area contributed by atoms with Gasteiger partial charge in [0.1, 0.15) is 0 Å². The molecule has 0 unspecified atom stereocenters. The van der Waals surface area contributed by atoms with E-state index in [2.05, 4.69) is 29.7 Å². The smallest absolute Gasteiger partial charge is 0.378 e. The summed E-state index contributed by atoms with van der Waals surface area (Å²) in [6.45, 7) is 9.29. The number of hydrogen-bond donors (Lipinski definition) is 0. The predicted octanol–water partition coefficient (Wildman–Crippen LogP) is 6.74. The Morgan fingerprint density at radius 2 is 1.52 bits per heavy atom. The minimum atomic E-state index is -3.67. The Bertz CT molecular complexity index is 642. The van der Waals surface area contributed by atoms with Gasteiger partial charge in [0.05, 0.1) is 13.2 Å². The molecule has 0 spiro atoms. The first-order chi connectivity index (χ1) is 14.6. The minimum absolute atomic E-state index is 0.0547. The van der Waals surface area contributed by atoms with Crippen LogP contribution in [0.2, 0.25) is 5.02 Å². The monoisotopic (exact) mass is 472 g/mol. The van der Waals surface area contributed by atoms with Crippen molar-refractivity contribution in [1.29, 1.82) is 0 Å². The van der Waals surface area contributed by atoms with E-state index in [0.717, 1.165) is 48.1 Å². The van der Waals surface area contributed by atoms with Crippen molar-refractivity contribution in [1.82, 2.24) is 4.90 Å². The Hall–Kier alpha value is -1.12. The van der Waals surface area contributed by atoms with E-state index in [1.807, 2.05) is 19.9 Å². The molecule has 0 saturated carbocycles. The van der Waals surface area contributed by atoms with Gasteiger partial charge in [0.15, 0.2) is 0 Å². The van der Waals surface area contributed by atoms with Crippen LogP contribution in [0.3, 0.4) is 0 Å². The van der Waals surface area contributed by atoms with Crippen LogP contribution < -0.4 is 4.90 Å². The summed E-state index contributed by atoms with van der Waals surface area (Å²) in [6, 6.07) is 4.23. The maximum atomic E-state index is 13.4. The van der Waals surface area contributed by atoms with Crippen LogP contribution in [0.25, 0.3) is 0 Å². The fourth-order valence-corrected chi connectivity index (χ4v) is 4.17. The third kappa shape index (κ3) is 9.49. The molecule has 2 fully saturated rings. The average Bonchev–Trinajstić information content (AvgIpc) is 2.71. The highest BCUT2D eigenvalue weighted by molar-refractivity contribution is 6.31. The van der Waals surface area contributed by atoms with Crippen LogP contribution in [0.1, 0.15) is 57.6 Å². The number of rotatable bonds is 4. The van der Waals surface area contributed by atoms with Gasteiger partial charge in [0, 0.05) is 56.3 Å². The van der Waals surface area contributed by atoms with Crippen LogP contribution in [0.4, 0.5) is 27.6 Å². The van der Waals surface area contributed by atoms with Gasteiger partial charge in [-0.25, -0.2) is 8.78 Å². The summed E-state index contributed by atoms with van der Waals surface area (Å²) in [7, 11) is 0. The molecule has 0 amide bonds. The molecule has 31 heavy (non-hydrogen) atoms. The van der Waals surface area contributed by atoms with Crippen molar-refractivity contribution in [3.05, 3.63) is 28.3 Å². The Labute approximate surface area is 187 Å². The second-order valence-electron chi connectivity index (χ2n) is 7.63. The summed E-state index contributed by atoms with van der Waals surface area (Å²) in [4.78, 5) is 4.41. The molecular formula is C22H34ClF5N2O. The second-order valence-corrected chi connectivity index (χ2v) is 8.04. The highest BCUT2D eigenvalue weighted by Gasteiger charge is 2.34. The molecule has 180 valence electrons. The largest absolute Gasteiger partial charge is 0.379 e. The molecule has 0 N–H and O–H groups in total. The van der Waals surface area contributed by atoms with Crippen LogP contribution in [0.15, 0.2) is 12.1 Å². The maximum absolute atomic E-state index is 13.4. The summed E-state index contributed by atoms with van der Waals surface area (Å²) >= 11 is 6.62. The van der Waals surface area contributed by atoms with Gasteiger partial charge < -0.3 is 9.64 Å². The number of halogens is 6. The van der Waals surface area contributed by atoms with Crippen molar-refractivity contribution in [2.24, 2.45) is 0 Å². The fourth-order valence-electron chi connectivity index (χ4n) is 3.72. The molecule has 1 aromatic carbocycles. The number of alkyl halides is 5. The van der Waals surface area contributed by atoms with Gasteiger partial charge in [0.2, 0.25) is 0 Å². The van der Waals surface area contributed by atoms with Crippen molar-refractivity contribution in [2.45, 2.75) is 65.6 Å². The normalized spacial score (nSPS) is 18.9. The maximum Gasteiger partial charge on any atom is 0.379 e. The van der Waals surface area contributed by atoms with Crippen molar-refractivity contribution in [2.75, 3.05) is 44.3 Å². The van der Waals surface area contributed by atoms with E-state index >= 15 is 0 Å². The van der Waals surface area contributed by atoms with Crippen molar-refractivity contribution in [3.8, 4) is 0 Å². The third-order valence-electron chi connectivity index (χ3n) is 5.14. The van der Waals surface area contributed by atoms with E-state index in [-0.39, 0.29) is 12.8 Å². The molecule has 0 atom stereocenters. The van der Waals surface area contributed by atoms with Gasteiger partial charge in [-0.05, 0) is 29.2 Å². The number of likely N-dealkylation sites (tertiary alicyclic amines) is 1. The van der Waals surface area contributed by atoms with Gasteiger partial charge in [-0.15, -0.1) is 0 Å². The number of morpholine rings is 1. The first-order valence-electron chi connectivity index (χ1n) is 10.8. The van der Waals surface area contributed by atoms with E-state index in [1.165, 1.54) is 0 Å². The Kier molecular flexibility index (Phi) is 12.1. The number of benzene rings is 1. The van der Waals surface area contributed by atoms with E-state index in [1.54, 1.807) is 0 Å². The van der Waals surface area contributed by atoms with Gasteiger partial charge in [0.25, 0.3) is 5.92 Å². The first-order valence-corrected chi connectivity index (χ1v) is 11.1. The lowest BCUT2D eigenvalue weighted by atomic mass is 9.95. The predicted molar refractivity (Wildman–Crippen MR) is 116 cm³/mol. The second kappa shape index (κ2) is 13.4. The summed E-state index contributed by atoms with van der Waals surface area (Å²) in [5.74, 6) is -2.21. The fraction of sp³-hybridized carbons (Fsp3) is 0.727. The molecule has 1 aromatic rings. The summed E-state index contributed by atoms with van der Waals surface area (Å²) in [5, 5.41) is 0.774. The van der Waals surface area contributed by atoms with Crippen LogP contribution in [-0.2, 0) is 11.3 Å². The number of anilines is 1. The summed E-state index contributed by atoms with van der Waals surface area (Å²) in [6.07, 6.45) is -0.109. The zero-order chi connectivity index (χ0) is 23.6. The molecule has 3 rings (SSSR count). The highest BCUT2D eigenvalue weighted by atomic mass is 35.5. The van der Waals surface area contributed by atoms with Crippen LogP contribution in [-0.4, -0.2) is 56.9 Å². The molecule has 2 saturated heterocycles. The standard InChI is InChI=1S/C19H27ClF2N2O.C2H6.CHF3/c1-14(2)18-15(13-23-5-3-19(21,22)4-6-23)11-16(12-17(18)20)24-7-9-25-10-8-24;1-2;2-1(3)4/h11-12,14H,3-10,13H2,1-2H3;1-2H3;1H. The lowest BCUT2D eigenvalue weighted by Crippen LogP contribution is -2.39. The zero-order valence-corrected chi connectivity index (χ0v) is 19.5. The quantitative estimate of drug-likeness (QED) is 0.451. The molecule has 2 aliphatic heterocycles. The van der Waals surface area contributed by atoms with E-state index in [9.17, 15) is 22.0 Å². The van der Waals surface area contributed by atoms with Gasteiger partial charge >= 0.3 is 6.68 Å². The molecular weight excluding hydrogens is 439 g/mol. The van der Waals surface area contributed by atoms with Crippen molar-refractivity contribution >= 4 is 17.3 Å². The lowest BCUT2D eigenvalue weighted by molar-refractivity contribution is -0.0567. The third-order valence-corrected chi connectivity index (χ3v) is 5.45. The number of ether oxygens (including phenoxy) is 1. The van der Waals surface area contributed by atoms with Crippen molar-refractivity contribution < 1.29 is 26.7 Å². The molecule has 0 bridgehead atoms. The van der Waals surface area contributed by atoms with Crippen molar-refractivity contribution in [3.63, 3.8) is 0 Å². The van der Waals surface area contributed by atoms with Crippen LogP contribution in [0, 0.1) is 0 Å². The molecule has 0 aromatic heterocycles. The SMILES string of the molecule is CC.CC(C)c1c(Cl)cc(N2CCOCC2)cc1CN1CCC(F)(F)CC1.FC(F)F. The van der Waals surface area contributed by atoms with E-state index < -0.39 is 12.6 Å². The van der Waals surface area contributed by atoms with Gasteiger partial charge in [-0.2, -0.15) is 13.2 Å². The average molecular weight is 473 g/mol. The van der Waals surface area contributed by atoms with Crippen LogP contribution >= 0.6 is 11.6 Å². The van der Waals surface area contributed by atoms with E-state index in [0.29, 0.717) is 25.6 Å². The zero-order valence-electron chi connectivity index (χ0n) is 18.7. The van der Waals surface area contributed by atoms with Gasteiger partial charge in [-0.3, -0.25) is 4.90 Å². The molecule has 9 heteroatoms. The van der Waals surface area contributed by atoms with E-state index in [4.69, 9.17) is 16.3 Å². The van der Waals surface area contributed by atoms with Gasteiger partial charge in [-0.1, -0.05) is 39.3 Å². The molecule has 2 heterocycles. The number of piperidine rings is 1. The lowest BCUT2D eigenvalue weighted by Gasteiger charge is -2.34. The molecule has 3 nitrogen and oxygen atoms in total. The Morgan fingerprint density at radius 1 is 1.00 bits per heavy atom. The molecule has 0 radical (unpaired) electrons. The Morgan fingerprint density at radius 3 is 2.00 bits per heavy atom. The minimum Gasteiger partial charge on any atom is -0.378 e. The Balaban J connectivity index is 0.000000720. The number of hydrogen-bond acceptors (Lipinski definition) is 3. The summed E-state index contributed by atoms with van der Waals surface area (Å²) in [5.41, 5.74) is 3.40. The van der Waals surface area contributed by atoms with Crippen LogP contribution in [0.5, 0.6) is 0 Å². The topological polar surface area (TPSA) is 15.7 Å². The molecule has 2 aliphatic rings. The summed E-state index contributed by atoms with van der Waals surface area (Å²) < 4.78 is 61.3. The first kappa shape index (κ1) is 27.9. The highest BCUT2D eigenvalue weighted by Crippen LogP contribution is 2.35.